The van der Waals surface area contributed by atoms with Crippen LogP contribution in [0, 0.1) is 17.3 Å². The molecule has 2 fully saturated rings. The van der Waals surface area contributed by atoms with Crippen molar-refractivity contribution in [3.8, 4) is 0 Å². The number of carbonyl (C=O) groups is 1. The number of carbonyl (C=O) groups excluding carboxylic acids is 1. The largest absolute Gasteiger partial charge is 0.345 e. The topological polar surface area (TPSA) is 55.5 Å². The molecule has 2 aromatic rings. The smallest absolute Gasteiger partial charge is 0.253 e. The fraction of sp³-hybridized carbons (Fsp3) is 0.652. The predicted molar refractivity (Wildman–Crippen MR) is 117 cm³/mol. The van der Waals surface area contributed by atoms with Crippen LogP contribution in [0.4, 0.5) is 0 Å². The SMILES string of the molecule is CC(C)CCCN1C[C@H]2CN(C(=O)c3ccc4nc[nH]c4c3)C[C@@]2(CN(C)C)C1. The van der Waals surface area contributed by atoms with Gasteiger partial charge in [0.2, 0.25) is 0 Å². The van der Waals surface area contributed by atoms with Crippen molar-refractivity contribution in [1.29, 1.82) is 0 Å². The van der Waals surface area contributed by atoms with E-state index in [1.165, 1.54) is 19.4 Å². The highest BCUT2D eigenvalue weighted by molar-refractivity contribution is 5.97. The van der Waals surface area contributed by atoms with Gasteiger partial charge in [-0.2, -0.15) is 0 Å². The number of rotatable bonds is 7. The maximum Gasteiger partial charge on any atom is 0.253 e. The lowest BCUT2D eigenvalue weighted by Gasteiger charge is -2.32. The molecule has 6 heteroatoms. The number of fused-ring (bicyclic) bond motifs is 2. The molecule has 0 unspecified atom stereocenters. The van der Waals surface area contributed by atoms with E-state index in [0.717, 1.165) is 55.2 Å². The molecule has 2 aliphatic rings. The molecule has 2 aliphatic heterocycles. The first kappa shape index (κ1) is 20.4. The quantitative estimate of drug-likeness (QED) is 0.780. The number of nitrogens with zero attached hydrogens (tertiary/aromatic N) is 4. The Morgan fingerprint density at radius 3 is 2.90 bits per heavy atom. The van der Waals surface area contributed by atoms with Gasteiger partial charge in [-0.25, -0.2) is 4.98 Å². The van der Waals surface area contributed by atoms with E-state index in [2.05, 4.69) is 52.6 Å². The number of imidazole rings is 1. The standard InChI is InChI=1S/C23H35N5O/c1-17(2)6-5-9-27-11-19-12-28(15-23(19,14-27)13-26(3)4)22(29)18-7-8-20-21(10-18)25-16-24-20/h7-8,10,16-17,19H,5-6,9,11-15H2,1-4H3,(H,24,25)/t19-,23+/m0/s1. The van der Waals surface area contributed by atoms with Crippen molar-refractivity contribution in [2.24, 2.45) is 17.3 Å². The number of nitrogens with one attached hydrogen (secondary N) is 1. The summed E-state index contributed by atoms with van der Waals surface area (Å²) in [5, 5.41) is 0. The van der Waals surface area contributed by atoms with Crippen molar-refractivity contribution in [2.45, 2.75) is 26.7 Å². The number of hydrogen-bond acceptors (Lipinski definition) is 4. The van der Waals surface area contributed by atoms with Gasteiger partial charge in [-0.15, -0.1) is 0 Å². The number of aromatic amines is 1. The van der Waals surface area contributed by atoms with Gasteiger partial charge < -0.3 is 19.7 Å². The molecule has 6 nitrogen and oxygen atoms in total. The third-order valence-electron chi connectivity index (χ3n) is 6.67. The molecule has 2 atom stereocenters. The molecule has 0 aliphatic carbocycles. The third kappa shape index (κ3) is 4.19. The fourth-order valence-electron chi connectivity index (χ4n) is 5.44. The Morgan fingerprint density at radius 1 is 1.31 bits per heavy atom. The van der Waals surface area contributed by atoms with Gasteiger partial charge in [0.15, 0.2) is 0 Å². The third-order valence-corrected chi connectivity index (χ3v) is 6.67. The summed E-state index contributed by atoms with van der Waals surface area (Å²) in [6.07, 6.45) is 4.25. The summed E-state index contributed by atoms with van der Waals surface area (Å²) in [7, 11) is 4.31. The molecule has 1 aromatic heterocycles. The van der Waals surface area contributed by atoms with Gasteiger partial charge >= 0.3 is 0 Å². The van der Waals surface area contributed by atoms with Crippen LogP contribution in [-0.2, 0) is 0 Å². The summed E-state index contributed by atoms with van der Waals surface area (Å²) >= 11 is 0. The molecule has 4 rings (SSSR count). The van der Waals surface area contributed by atoms with Crippen molar-refractivity contribution in [3.05, 3.63) is 30.1 Å². The van der Waals surface area contributed by atoms with Crippen LogP contribution in [0.15, 0.2) is 24.5 Å². The van der Waals surface area contributed by atoms with Gasteiger partial charge in [-0.3, -0.25) is 4.79 Å². The minimum absolute atomic E-state index is 0.153. The summed E-state index contributed by atoms with van der Waals surface area (Å²) in [5.74, 6) is 1.48. The van der Waals surface area contributed by atoms with Crippen molar-refractivity contribution < 1.29 is 4.79 Å². The van der Waals surface area contributed by atoms with Gasteiger partial charge in [-0.1, -0.05) is 13.8 Å². The number of hydrogen-bond donors (Lipinski definition) is 1. The Labute approximate surface area is 174 Å². The van der Waals surface area contributed by atoms with Crippen LogP contribution in [-0.4, -0.2) is 83.9 Å². The molecular weight excluding hydrogens is 362 g/mol. The minimum Gasteiger partial charge on any atom is -0.345 e. The van der Waals surface area contributed by atoms with E-state index >= 15 is 0 Å². The highest BCUT2D eigenvalue weighted by Crippen LogP contribution is 2.43. The van der Waals surface area contributed by atoms with Crippen molar-refractivity contribution in [3.63, 3.8) is 0 Å². The van der Waals surface area contributed by atoms with Crippen LogP contribution >= 0.6 is 0 Å². The molecule has 1 amide bonds. The Morgan fingerprint density at radius 2 is 2.14 bits per heavy atom. The van der Waals surface area contributed by atoms with Crippen LogP contribution < -0.4 is 0 Å². The number of benzene rings is 1. The van der Waals surface area contributed by atoms with Crippen molar-refractivity contribution >= 4 is 16.9 Å². The number of amides is 1. The Kier molecular flexibility index (Phi) is 5.67. The lowest BCUT2D eigenvalue weighted by molar-refractivity contribution is 0.0749. The summed E-state index contributed by atoms with van der Waals surface area (Å²) in [6.45, 7) is 10.8. The van der Waals surface area contributed by atoms with Crippen LogP contribution in [0.1, 0.15) is 37.0 Å². The second-order valence-electron chi connectivity index (χ2n) is 9.89. The first-order chi connectivity index (χ1) is 13.9. The summed E-state index contributed by atoms with van der Waals surface area (Å²) in [5.41, 5.74) is 2.78. The number of likely N-dealkylation sites (tertiary alicyclic amines) is 2. The lowest BCUT2D eigenvalue weighted by Crippen LogP contribution is -2.43. The Balaban J connectivity index is 1.46. The number of aromatic nitrogens is 2. The van der Waals surface area contributed by atoms with Gasteiger partial charge in [0.05, 0.1) is 17.4 Å². The maximum absolute atomic E-state index is 13.3. The fourth-order valence-corrected chi connectivity index (χ4v) is 5.44. The van der Waals surface area contributed by atoms with E-state index in [0.29, 0.717) is 5.92 Å². The second-order valence-corrected chi connectivity index (χ2v) is 9.89. The zero-order valence-corrected chi connectivity index (χ0v) is 18.3. The molecule has 29 heavy (non-hydrogen) atoms. The molecule has 3 heterocycles. The molecule has 0 spiro atoms. The molecule has 1 aromatic carbocycles. The van der Waals surface area contributed by atoms with E-state index in [9.17, 15) is 4.79 Å². The van der Waals surface area contributed by atoms with Gasteiger partial charge in [0.1, 0.15) is 0 Å². The molecule has 158 valence electrons. The number of H-pyrrole nitrogens is 1. The normalized spacial score (nSPS) is 24.9. The molecule has 1 N–H and O–H groups in total. The summed E-state index contributed by atoms with van der Waals surface area (Å²) < 4.78 is 0. The monoisotopic (exact) mass is 397 g/mol. The Bertz CT molecular complexity index is 860. The molecule has 2 saturated heterocycles. The average molecular weight is 398 g/mol. The van der Waals surface area contributed by atoms with Gasteiger partial charge in [-0.05, 0) is 63.5 Å². The average Bonchev–Trinajstić information content (AvgIpc) is 3.31. The minimum atomic E-state index is 0.153. The van der Waals surface area contributed by atoms with E-state index in [4.69, 9.17) is 0 Å². The maximum atomic E-state index is 13.3. The van der Waals surface area contributed by atoms with E-state index in [1.54, 1.807) is 6.33 Å². The van der Waals surface area contributed by atoms with E-state index in [-0.39, 0.29) is 11.3 Å². The predicted octanol–water partition coefficient (Wildman–Crippen LogP) is 2.93. The zero-order chi connectivity index (χ0) is 20.6. The first-order valence-electron chi connectivity index (χ1n) is 11.0. The highest BCUT2D eigenvalue weighted by Gasteiger charge is 2.53. The summed E-state index contributed by atoms with van der Waals surface area (Å²) in [6, 6.07) is 5.79. The molecule has 0 saturated carbocycles. The van der Waals surface area contributed by atoms with Crippen LogP contribution in [0.5, 0.6) is 0 Å². The van der Waals surface area contributed by atoms with Crippen LogP contribution in [0.25, 0.3) is 11.0 Å². The van der Waals surface area contributed by atoms with Crippen LogP contribution in [0.2, 0.25) is 0 Å². The van der Waals surface area contributed by atoms with E-state index < -0.39 is 0 Å². The Hall–Kier alpha value is -1.92. The molecule has 0 bridgehead atoms. The van der Waals surface area contributed by atoms with Crippen LogP contribution in [0.3, 0.4) is 0 Å². The first-order valence-corrected chi connectivity index (χ1v) is 11.0. The highest BCUT2D eigenvalue weighted by atomic mass is 16.2. The van der Waals surface area contributed by atoms with E-state index in [1.807, 2.05) is 18.2 Å². The molecular formula is C23H35N5O. The lowest BCUT2D eigenvalue weighted by atomic mass is 9.80. The van der Waals surface area contributed by atoms with Gasteiger partial charge in [0, 0.05) is 43.7 Å². The zero-order valence-electron chi connectivity index (χ0n) is 18.3. The van der Waals surface area contributed by atoms with Gasteiger partial charge in [0.25, 0.3) is 5.91 Å². The second kappa shape index (κ2) is 8.07. The van der Waals surface area contributed by atoms with Crippen molar-refractivity contribution in [2.75, 3.05) is 53.4 Å². The van der Waals surface area contributed by atoms with Crippen molar-refractivity contribution in [1.82, 2.24) is 24.7 Å². The molecule has 0 radical (unpaired) electrons. The summed E-state index contributed by atoms with van der Waals surface area (Å²) in [4.78, 5) is 27.7.